The number of rotatable bonds is 5. The summed E-state index contributed by atoms with van der Waals surface area (Å²) in [6, 6.07) is 2.66. The number of benzene rings is 1. The highest BCUT2D eigenvalue weighted by Gasteiger charge is 2.19. The van der Waals surface area contributed by atoms with E-state index in [0.29, 0.717) is 12.0 Å². The first-order chi connectivity index (χ1) is 8.04. The molecule has 0 bridgehead atoms. The lowest BCUT2D eigenvalue weighted by Crippen LogP contribution is -2.25. The minimum atomic E-state index is -0.644. The average Bonchev–Trinajstić information content (AvgIpc) is 2.37. The third-order valence-corrected chi connectivity index (χ3v) is 2.72. The number of methoxy groups -OCH3 is 2. The van der Waals surface area contributed by atoms with Crippen LogP contribution in [0.1, 0.15) is 24.9 Å². The van der Waals surface area contributed by atoms with Gasteiger partial charge in [0, 0.05) is 0 Å². The maximum absolute atomic E-state index is 9.74. The number of aromatic hydroxyl groups is 1. The zero-order chi connectivity index (χ0) is 13.0. The van der Waals surface area contributed by atoms with Crippen LogP contribution in [0.3, 0.4) is 0 Å². The molecule has 5 heteroatoms. The van der Waals surface area contributed by atoms with E-state index >= 15 is 0 Å². The Morgan fingerprint density at radius 1 is 1.24 bits per heavy atom. The van der Waals surface area contributed by atoms with Gasteiger partial charge in [-0.05, 0) is 24.1 Å². The summed E-state index contributed by atoms with van der Waals surface area (Å²) in [4.78, 5) is 0. The van der Waals surface area contributed by atoms with Crippen molar-refractivity contribution in [2.24, 2.45) is 5.73 Å². The molecule has 1 rings (SSSR count). The van der Waals surface area contributed by atoms with Crippen LogP contribution in [0.4, 0.5) is 0 Å². The van der Waals surface area contributed by atoms with Crippen molar-refractivity contribution in [3.05, 3.63) is 17.7 Å². The monoisotopic (exact) mass is 241 g/mol. The number of hydrogen-bond acceptors (Lipinski definition) is 5. The van der Waals surface area contributed by atoms with Gasteiger partial charge in [-0.3, -0.25) is 0 Å². The second-order valence-electron chi connectivity index (χ2n) is 3.78. The van der Waals surface area contributed by atoms with E-state index in [1.807, 2.05) is 6.92 Å². The molecule has 1 aromatic rings. The van der Waals surface area contributed by atoms with E-state index in [1.165, 1.54) is 14.2 Å². The van der Waals surface area contributed by atoms with Gasteiger partial charge in [0.25, 0.3) is 0 Å². The molecule has 0 radical (unpaired) electrons. The Labute approximate surface area is 101 Å². The summed E-state index contributed by atoms with van der Waals surface area (Å²) >= 11 is 0. The Morgan fingerprint density at radius 3 is 2.06 bits per heavy atom. The van der Waals surface area contributed by atoms with Crippen molar-refractivity contribution in [2.75, 3.05) is 14.2 Å². The van der Waals surface area contributed by atoms with Crippen LogP contribution in [-0.4, -0.2) is 30.5 Å². The smallest absolute Gasteiger partial charge is 0.200 e. The van der Waals surface area contributed by atoms with Gasteiger partial charge in [-0.25, -0.2) is 0 Å². The highest BCUT2D eigenvalue weighted by atomic mass is 16.5. The molecular weight excluding hydrogens is 222 g/mol. The molecular formula is C12H19NO4. The predicted octanol–water partition coefficient (Wildman–Crippen LogP) is 1.18. The van der Waals surface area contributed by atoms with E-state index < -0.39 is 12.1 Å². The first-order valence-electron chi connectivity index (χ1n) is 5.43. The summed E-state index contributed by atoms with van der Waals surface area (Å²) in [5.74, 6) is 0.480. The second kappa shape index (κ2) is 5.75. The van der Waals surface area contributed by atoms with E-state index in [2.05, 4.69) is 0 Å². The molecule has 0 aliphatic heterocycles. The van der Waals surface area contributed by atoms with E-state index in [4.69, 9.17) is 15.2 Å². The quantitative estimate of drug-likeness (QED) is 0.720. The predicted molar refractivity (Wildman–Crippen MR) is 64.4 cm³/mol. The lowest BCUT2D eigenvalue weighted by molar-refractivity contribution is 0.140. The van der Waals surface area contributed by atoms with E-state index in [9.17, 15) is 10.2 Å². The van der Waals surface area contributed by atoms with Crippen LogP contribution in [0.5, 0.6) is 17.2 Å². The second-order valence-corrected chi connectivity index (χ2v) is 3.78. The summed E-state index contributed by atoms with van der Waals surface area (Å²) in [7, 11) is 2.89. The number of phenols is 1. The van der Waals surface area contributed by atoms with Crippen LogP contribution < -0.4 is 15.2 Å². The van der Waals surface area contributed by atoms with Gasteiger partial charge >= 0.3 is 0 Å². The van der Waals surface area contributed by atoms with Crippen molar-refractivity contribution in [2.45, 2.75) is 25.5 Å². The van der Waals surface area contributed by atoms with Gasteiger partial charge in [-0.2, -0.15) is 0 Å². The molecule has 0 unspecified atom stereocenters. The number of aliphatic hydroxyl groups excluding tert-OH is 1. The maximum atomic E-state index is 9.74. The first kappa shape index (κ1) is 13.6. The van der Waals surface area contributed by atoms with Crippen molar-refractivity contribution in [3.8, 4) is 17.2 Å². The van der Waals surface area contributed by atoms with Crippen molar-refractivity contribution in [1.82, 2.24) is 0 Å². The Kier molecular flexibility index (Phi) is 4.60. The van der Waals surface area contributed by atoms with Crippen molar-refractivity contribution >= 4 is 0 Å². The number of nitrogens with two attached hydrogens (primary N) is 1. The highest BCUT2D eigenvalue weighted by molar-refractivity contribution is 5.53. The summed E-state index contributed by atoms with van der Waals surface area (Å²) in [5.41, 5.74) is 6.56. The molecule has 2 atom stereocenters. The van der Waals surface area contributed by atoms with Gasteiger partial charge in [0.1, 0.15) is 0 Å². The van der Waals surface area contributed by atoms with Crippen molar-refractivity contribution in [1.29, 1.82) is 0 Å². The Hall–Kier alpha value is -1.46. The van der Waals surface area contributed by atoms with Gasteiger partial charge in [-0.1, -0.05) is 6.92 Å². The van der Waals surface area contributed by atoms with Gasteiger partial charge in [0.15, 0.2) is 11.5 Å². The average molecular weight is 241 g/mol. The first-order valence-corrected chi connectivity index (χ1v) is 5.43. The van der Waals surface area contributed by atoms with Crippen LogP contribution in [0, 0.1) is 0 Å². The molecule has 17 heavy (non-hydrogen) atoms. The normalized spacial score (nSPS) is 14.2. The molecule has 0 heterocycles. The standard InChI is InChI=1S/C12H19NO4/c1-4-8(14)11(13)7-5-9(16-2)12(15)10(6-7)17-3/h5-6,8,11,14-15H,4,13H2,1-3H3/t8-,11+/m0/s1. The molecule has 0 aromatic heterocycles. The van der Waals surface area contributed by atoms with E-state index in [-0.39, 0.29) is 17.2 Å². The Balaban J connectivity index is 3.17. The molecule has 1 aromatic carbocycles. The van der Waals surface area contributed by atoms with E-state index in [1.54, 1.807) is 12.1 Å². The van der Waals surface area contributed by atoms with Crippen LogP contribution in [0.15, 0.2) is 12.1 Å². The molecule has 0 amide bonds. The molecule has 0 saturated carbocycles. The van der Waals surface area contributed by atoms with Crippen molar-refractivity contribution in [3.63, 3.8) is 0 Å². The molecule has 0 fully saturated rings. The van der Waals surface area contributed by atoms with Gasteiger partial charge in [-0.15, -0.1) is 0 Å². The fourth-order valence-corrected chi connectivity index (χ4v) is 1.58. The fraction of sp³-hybridized carbons (Fsp3) is 0.500. The van der Waals surface area contributed by atoms with Crippen LogP contribution in [-0.2, 0) is 0 Å². The summed E-state index contributed by atoms with van der Waals surface area (Å²) in [5, 5.41) is 19.4. The largest absolute Gasteiger partial charge is 0.502 e. The lowest BCUT2D eigenvalue weighted by atomic mass is 10.00. The highest BCUT2D eigenvalue weighted by Crippen LogP contribution is 2.38. The Morgan fingerprint density at radius 2 is 1.71 bits per heavy atom. The SMILES string of the molecule is CC[C@H](O)[C@H](N)c1cc(OC)c(O)c(OC)c1. The van der Waals surface area contributed by atoms with Crippen LogP contribution >= 0.6 is 0 Å². The third kappa shape index (κ3) is 2.81. The summed E-state index contributed by atoms with van der Waals surface area (Å²) in [6.45, 7) is 1.85. The summed E-state index contributed by atoms with van der Waals surface area (Å²) in [6.07, 6.45) is -0.0962. The molecule has 0 spiro atoms. The van der Waals surface area contributed by atoms with E-state index in [0.717, 1.165) is 0 Å². The molecule has 0 aliphatic carbocycles. The lowest BCUT2D eigenvalue weighted by Gasteiger charge is -2.19. The molecule has 0 saturated heterocycles. The molecule has 0 aliphatic rings. The minimum Gasteiger partial charge on any atom is -0.502 e. The van der Waals surface area contributed by atoms with Crippen molar-refractivity contribution < 1.29 is 19.7 Å². The fourth-order valence-electron chi connectivity index (χ4n) is 1.58. The van der Waals surface area contributed by atoms with Gasteiger partial charge < -0.3 is 25.4 Å². The number of phenolic OH excluding ortho intramolecular Hbond substituents is 1. The summed E-state index contributed by atoms with van der Waals surface area (Å²) < 4.78 is 10.0. The number of aliphatic hydroxyl groups is 1. The Bertz CT molecular complexity index is 356. The third-order valence-electron chi connectivity index (χ3n) is 2.72. The van der Waals surface area contributed by atoms with Crippen LogP contribution in [0.2, 0.25) is 0 Å². The molecule has 4 N–H and O–H groups in total. The topological polar surface area (TPSA) is 84.9 Å². The van der Waals surface area contributed by atoms with Gasteiger partial charge in [0.2, 0.25) is 5.75 Å². The van der Waals surface area contributed by atoms with Gasteiger partial charge in [0.05, 0.1) is 26.4 Å². The zero-order valence-corrected chi connectivity index (χ0v) is 10.3. The molecule has 5 nitrogen and oxygen atoms in total. The van der Waals surface area contributed by atoms with Crippen LogP contribution in [0.25, 0.3) is 0 Å². The number of ether oxygens (including phenoxy) is 2. The number of hydrogen-bond donors (Lipinski definition) is 3. The zero-order valence-electron chi connectivity index (χ0n) is 10.3. The maximum Gasteiger partial charge on any atom is 0.200 e. The minimum absolute atomic E-state index is 0.0723. The molecule has 96 valence electrons.